The van der Waals surface area contributed by atoms with E-state index in [1.165, 1.54) is 12.4 Å². The Kier molecular flexibility index (Phi) is 7.85. The van der Waals surface area contributed by atoms with E-state index < -0.39 is 18.2 Å². The molecule has 0 amide bonds. The number of anilines is 2. The Morgan fingerprint density at radius 3 is 2.49 bits per heavy atom. The standard InChI is InChI=1S/C26H25BCl2F3N7/c1-24(2,3)13-35-22-15(10-33)11-34-23-17(22)8-16(9-20(23)29)36-26(27,18-6-4-5-7-19(18)28)21-12-39(38-37-21)14-25(30,31)32/h4-9,11-12,36-38H,13-14H2,1-3H3,(H,34,35). The number of hydrogen-bond donors (Lipinski definition) is 4. The van der Waals surface area contributed by atoms with Crippen LogP contribution >= 0.6 is 23.2 Å². The third-order valence-electron chi connectivity index (χ3n) is 5.87. The van der Waals surface area contributed by atoms with Crippen LogP contribution in [0.1, 0.15) is 31.9 Å². The third-order valence-corrected chi connectivity index (χ3v) is 6.49. The molecule has 39 heavy (non-hydrogen) atoms. The molecule has 2 heterocycles. The van der Waals surface area contributed by atoms with E-state index in [9.17, 15) is 18.4 Å². The van der Waals surface area contributed by atoms with E-state index in [4.69, 9.17) is 31.0 Å². The summed E-state index contributed by atoms with van der Waals surface area (Å²) in [4.78, 5) is 4.37. The van der Waals surface area contributed by atoms with Crippen LogP contribution in [0.25, 0.3) is 10.9 Å². The van der Waals surface area contributed by atoms with Crippen LogP contribution < -0.4 is 21.6 Å². The molecule has 7 nitrogen and oxygen atoms in total. The quantitative estimate of drug-likeness (QED) is 0.257. The van der Waals surface area contributed by atoms with E-state index in [-0.39, 0.29) is 21.2 Å². The first-order valence-electron chi connectivity index (χ1n) is 11.9. The van der Waals surface area contributed by atoms with Gasteiger partial charge in [-0.1, -0.05) is 62.2 Å². The number of pyridine rings is 1. The van der Waals surface area contributed by atoms with Crippen molar-refractivity contribution >= 4 is 53.3 Å². The molecule has 4 rings (SSSR count). The predicted octanol–water partition coefficient (Wildman–Crippen LogP) is 6.03. The number of benzene rings is 2. The first kappa shape index (κ1) is 28.7. The Labute approximate surface area is 235 Å². The van der Waals surface area contributed by atoms with Crippen molar-refractivity contribution < 1.29 is 13.2 Å². The maximum Gasteiger partial charge on any atom is 0.407 e. The van der Waals surface area contributed by atoms with Gasteiger partial charge in [0.25, 0.3) is 0 Å². The number of nitrogens with zero attached hydrogens (tertiary/aromatic N) is 3. The van der Waals surface area contributed by atoms with Crippen molar-refractivity contribution in [2.75, 3.05) is 23.7 Å². The van der Waals surface area contributed by atoms with Crippen LogP contribution in [0.2, 0.25) is 10.0 Å². The molecule has 3 aromatic rings. The summed E-state index contributed by atoms with van der Waals surface area (Å²) in [5, 5.41) is 18.3. The Morgan fingerprint density at radius 1 is 1.13 bits per heavy atom. The fourth-order valence-electron chi connectivity index (χ4n) is 4.08. The molecular weight excluding hydrogens is 549 g/mol. The maximum atomic E-state index is 13.0. The van der Waals surface area contributed by atoms with Gasteiger partial charge in [0.2, 0.25) is 0 Å². The summed E-state index contributed by atoms with van der Waals surface area (Å²) < 4.78 is 39.1. The van der Waals surface area contributed by atoms with Crippen molar-refractivity contribution in [2.24, 2.45) is 5.41 Å². The molecule has 0 aliphatic carbocycles. The third kappa shape index (κ3) is 6.46. The van der Waals surface area contributed by atoms with Crippen molar-refractivity contribution in [2.45, 2.75) is 32.4 Å². The van der Waals surface area contributed by atoms with E-state index in [2.05, 4.69) is 53.4 Å². The zero-order valence-electron chi connectivity index (χ0n) is 21.3. The van der Waals surface area contributed by atoms with Gasteiger partial charge in [0.05, 0.1) is 32.9 Å². The van der Waals surface area contributed by atoms with Crippen molar-refractivity contribution in [1.29, 1.82) is 5.26 Å². The molecule has 4 N–H and O–H groups in total. The summed E-state index contributed by atoms with van der Waals surface area (Å²) in [7, 11) is 6.89. The molecule has 1 aliphatic rings. The van der Waals surface area contributed by atoms with Crippen LogP contribution in [-0.4, -0.2) is 37.1 Å². The highest BCUT2D eigenvalue weighted by atomic mass is 35.5. The lowest BCUT2D eigenvalue weighted by molar-refractivity contribution is -0.145. The van der Waals surface area contributed by atoms with Gasteiger partial charge in [0, 0.05) is 35.0 Å². The number of hydrogen-bond acceptors (Lipinski definition) is 7. The van der Waals surface area contributed by atoms with Crippen LogP contribution in [0.15, 0.2) is 54.5 Å². The summed E-state index contributed by atoms with van der Waals surface area (Å²) in [6.07, 6.45) is -1.78. The largest absolute Gasteiger partial charge is 0.407 e. The van der Waals surface area contributed by atoms with Gasteiger partial charge in [-0.3, -0.25) is 9.99 Å². The smallest absolute Gasteiger partial charge is 0.383 e. The van der Waals surface area contributed by atoms with E-state index >= 15 is 0 Å². The zero-order chi connectivity index (χ0) is 28.6. The molecule has 1 atom stereocenters. The summed E-state index contributed by atoms with van der Waals surface area (Å²) in [6, 6.07) is 12.2. The minimum Gasteiger partial charge on any atom is -0.383 e. The molecule has 0 saturated carbocycles. The van der Waals surface area contributed by atoms with E-state index in [1.807, 2.05) is 0 Å². The molecule has 1 aromatic heterocycles. The average molecular weight is 574 g/mol. The summed E-state index contributed by atoms with van der Waals surface area (Å²) in [5.74, 6) is 0. The number of fused-ring (bicyclic) bond motifs is 1. The van der Waals surface area contributed by atoms with Crippen molar-refractivity contribution in [3.63, 3.8) is 0 Å². The van der Waals surface area contributed by atoms with Gasteiger partial charge in [0.15, 0.2) is 0 Å². The summed E-state index contributed by atoms with van der Waals surface area (Å²) in [5.41, 5.74) is 5.82. The van der Waals surface area contributed by atoms with E-state index in [0.29, 0.717) is 39.9 Å². The SMILES string of the molecule is [B]C(Nc1cc(Cl)c2ncc(C#N)c(NCC(C)(C)C)c2c1)(C1=CN(CC(F)(F)F)NN1)c1ccccc1Cl. The first-order chi connectivity index (χ1) is 18.2. The molecule has 0 bridgehead atoms. The number of rotatable bonds is 7. The first-order valence-corrected chi connectivity index (χ1v) is 12.6. The van der Waals surface area contributed by atoms with Crippen LogP contribution in [0.5, 0.6) is 0 Å². The predicted molar refractivity (Wildman–Crippen MR) is 149 cm³/mol. The lowest BCUT2D eigenvalue weighted by Crippen LogP contribution is -2.46. The van der Waals surface area contributed by atoms with Crippen molar-refractivity contribution in [3.05, 3.63) is 75.7 Å². The molecule has 0 saturated heterocycles. The molecular formula is C26H25BCl2F3N7. The number of nitrogens with one attached hydrogen (secondary N) is 4. The molecule has 0 fully saturated rings. The molecule has 202 valence electrons. The molecule has 2 radical (unpaired) electrons. The van der Waals surface area contributed by atoms with Crippen molar-refractivity contribution in [1.82, 2.24) is 21.0 Å². The van der Waals surface area contributed by atoms with Crippen LogP contribution in [0.3, 0.4) is 0 Å². The highest BCUT2D eigenvalue weighted by Gasteiger charge is 2.38. The molecule has 1 unspecified atom stereocenters. The van der Waals surface area contributed by atoms with Gasteiger partial charge >= 0.3 is 6.18 Å². The molecule has 1 aliphatic heterocycles. The second kappa shape index (κ2) is 10.7. The second-order valence-corrected chi connectivity index (χ2v) is 11.2. The second-order valence-electron chi connectivity index (χ2n) is 10.4. The molecule has 0 spiro atoms. The zero-order valence-corrected chi connectivity index (χ0v) is 22.9. The van der Waals surface area contributed by atoms with Crippen LogP contribution in [0.4, 0.5) is 24.5 Å². The monoisotopic (exact) mass is 573 g/mol. The van der Waals surface area contributed by atoms with Gasteiger partial charge in [-0.05, 0) is 29.2 Å². The average Bonchev–Trinajstić information content (AvgIpc) is 3.29. The molecule has 2 aromatic carbocycles. The van der Waals surface area contributed by atoms with Crippen LogP contribution in [0, 0.1) is 16.7 Å². The summed E-state index contributed by atoms with van der Waals surface area (Å²) >= 11 is 13.1. The van der Waals surface area contributed by atoms with Gasteiger partial charge < -0.3 is 16.1 Å². The van der Waals surface area contributed by atoms with Gasteiger partial charge in [0.1, 0.15) is 20.5 Å². The Hall–Kier alpha value is -3.33. The number of hydrazine groups is 2. The Balaban J connectivity index is 1.83. The van der Waals surface area contributed by atoms with E-state index in [0.717, 1.165) is 5.01 Å². The minimum absolute atomic E-state index is 0.0889. The number of nitriles is 1. The Morgan fingerprint density at radius 2 is 1.85 bits per heavy atom. The fourth-order valence-corrected chi connectivity index (χ4v) is 4.63. The maximum absolute atomic E-state index is 13.0. The van der Waals surface area contributed by atoms with Crippen LogP contribution in [-0.2, 0) is 5.44 Å². The number of halogens is 5. The van der Waals surface area contributed by atoms with Gasteiger partial charge in [-0.15, -0.1) is 5.53 Å². The fraction of sp³-hybridized carbons (Fsp3) is 0.308. The number of alkyl halides is 3. The number of aromatic nitrogens is 1. The van der Waals surface area contributed by atoms with Gasteiger partial charge in [-0.25, -0.2) is 0 Å². The Bertz CT molecular complexity index is 1470. The summed E-state index contributed by atoms with van der Waals surface area (Å²) in [6.45, 7) is 5.48. The van der Waals surface area contributed by atoms with Crippen molar-refractivity contribution in [3.8, 4) is 6.07 Å². The normalized spacial score (nSPS) is 15.4. The topological polar surface area (TPSA) is 88.0 Å². The van der Waals surface area contributed by atoms with Gasteiger partial charge in [-0.2, -0.15) is 18.4 Å². The lowest BCUT2D eigenvalue weighted by Gasteiger charge is -2.35. The minimum atomic E-state index is -4.45. The lowest BCUT2D eigenvalue weighted by atomic mass is 9.69. The molecule has 13 heteroatoms. The van der Waals surface area contributed by atoms with E-state index in [1.54, 1.807) is 36.4 Å². The highest BCUT2D eigenvalue weighted by molar-refractivity contribution is 6.36. The highest BCUT2D eigenvalue weighted by Crippen LogP contribution is 2.39.